The van der Waals surface area contributed by atoms with E-state index in [1.165, 1.54) is 74.0 Å². The van der Waals surface area contributed by atoms with E-state index in [1.807, 2.05) is 11.3 Å². The van der Waals surface area contributed by atoms with E-state index in [0.29, 0.717) is 0 Å². The van der Waals surface area contributed by atoms with E-state index < -0.39 is 0 Å². The summed E-state index contributed by atoms with van der Waals surface area (Å²) in [6.07, 6.45) is 15.1. The van der Waals surface area contributed by atoms with E-state index in [0.717, 1.165) is 6.42 Å². The van der Waals surface area contributed by atoms with Gasteiger partial charge in [-0.15, -0.1) is 11.3 Å². The Kier molecular flexibility index (Phi) is 10.0. The van der Waals surface area contributed by atoms with Crippen LogP contribution in [0.1, 0.15) is 93.3 Å². The minimum atomic E-state index is 0.266. The summed E-state index contributed by atoms with van der Waals surface area (Å²) in [5.41, 5.74) is 6.23. The van der Waals surface area contributed by atoms with Gasteiger partial charge in [0.2, 0.25) is 0 Å². The Bertz CT molecular complexity index is 332. The molecule has 2 heteroatoms. The van der Waals surface area contributed by atoms with E-state index in [9.17, 15) is 0 Å². The minimum absolute atomic E-state index is 0.266. The van der Waals surface area contributed by atoms with Gasteiger partial charge in [-0.1, -0.05) is 71.1 Å². The van der Waals surface area contributed by atoms with Crippen LogP contribution in [0.2, 0.25) is 0 Å². The normalized spacial score (nSPS) is 12.8. The zero-order valence-corrected chi connectivity index (χ0v) is 14.3. The van der Waals surface area contributed by atoms with Crippen LogP contribution in [0.4, 0.5) is 0 Å². The van der Waals surface area contributed by atoms with Gasteiger partial charge in [0.15, 0.2) is 0 Å². The fourth-order valence-electron chi connectivity index (χ4n) is 2.65. The largest absolute Gasteiger partial charge is 0.323 e. The first-order valence-corrected chi connectivity index (χ1v) is 9.37. The summed E-state index contributed by atoms with van der Waals surface area (Å²) in [5.74, 6) is 0. The molecule has 0 saturated heterocycles. The van der Waals surface area contributed by atoms with Gasteiger partial charge in [0.25, 0.3) is 0 Å². The molecule has 0 bridgehead atoms. The van der Waals surface area contributed by atoms with E-state index in [2.05, 4.69) is 26.0 Å². The number of hydrogen-bond donors (Lipinski definition) is 1. The molecule has 0 aliphatic carbocycles. The number of unbranched alkanes of at least 4 members (excludes halogenated alkanes) is 9. The van der Waals surface area contributed by atoms with Crippen LogP contribution >= 0.6 is 11.3 Å². The van der Waals surface area contributed by atoms with Gasteiger partial charge in [-0.25, -0.2) is 0 Å². The van der Waals surface area contributed by atoms with Crippen molar-refractivity contribution < 1.29 is 0 Å². The molecule has 1 rings (SSSR count). The Balaban J connectivity index is 1.89. The Labute approximate surface area is 130 Å². The average molecular weight is 296 g/mol. The van der Waals surface area contributed by atoms with Crippen molar-refractivity contribution in [3.63, 3.8) is 0 Å². The predicted octanol–water partition coefficient (Wildman–Crippen LogP) is 6.37. The highest BCUT2D eigenvalue weighted by molar-refractivity contribution is 7.12. The number of aryl methyl sites for hydroxylation is 1. The zero-order chi connectivity index (χ0) is 14.6. The summed E-state index contributed by atoms with van der Waals surface area (Å²) in [6, 6.07) is 4.64. The van der Waals surface area contributed by atoms with Crippen LogP contribution in [0.25, 0.3) is 0 Å². The standard InChI is InChI=1S/C18H33NS/c1-3-4-5-6-7-8-9-10-11-12-13-17(19)18-15-14-16(2)20-18/h14-15,17H,3-13,19H2,1-2H3. The molecule has 0 aliphatic heterocycles. The summed E-state index contributed by atoms with van der Waals surface area (Å²) >= 11 is 1.85. The van der Waals surface area contributed by atoms with Crippen molar-refractivity contribution in [1.29, 1.82) is 0 Å². The highest BCUT2D eigenvalue weighted by Gasteiger charge is 2.07. The summed E-state index contributed by atoms with van der Waals surface area (Å²) in [5, 5.41) is 0. The molecule has 1 aromatic rings. The van der Waals surface area contributed by atoms with Crippen molar-refractivity contribution in [3.8, 4) is 0 Å². The molecular formula is C18H33NS. The van der Waals surface area contributed by atoms with Gasteiger partial charge >= 0.3 is 0 Å². The lowest BCUT2D eigenvalue weighted by molar-refractivity contribution is 0.531. The van der Waals surface area contributed by atoms with Crippen molar-refractivity contribution in [1.82, 2.24) is 0 Å². The fraction of sp³-hybridized carbons (Fsp3) is 0.778. The molecular weight excluding hydrogens is 262 g/mol. The van der Waals surface area contributed by atoms with E-state index >= 15 is 0 Å². The van der Waals surface area contributed by atoms with Crippen molar-refractivity contribution in [2.24, 2.45) is 5.73 Å². The first-order chi connectivity index (χ1) is 9.74. The molecule has 2 N–H and O–H groups in total. The summed E-state index contributed by atoms with van der Waals surface area (Å²) in [7, 11) is 0. The van der Waals surface area contributed by atoms with Crippen LogP contribution in [0.3, 0.4) is 0 Å². The molecule has 1 heterocycles. The molecule has 0 aromatic carbocycles. The van der Waals surface area contributed by atoms with Crippen LogP contribution in [-0.2, 0) is 0 Å². The molecule has 0 saturated carbocycles. The first kappa shape index (κ1) is 17.7. The third kappa shape index (κ3) is 8.06. The molecule has 1 unspecified atom stereocenters. The SMILES string of the molecule is CCCCCCCCCCCCC(N)c1ccc(C)s1. The molecule has 116 valence electrons. The number of thiophene rings is 1. The molecule has 0 spiro atoms. The summed E-state index contributed by atoms with van der Waals surface area (Å²) in [4.78, 5) is 2.73. The summed E-state index contributed by atoms with van der Waals surface area (Å²) < 4.78 is 0. The minimum Gasteiger partial charge on any atom is -0.323 e. The third-order valence-electron chi connectivity index (χ3n) is 4.00. The van der Waals surface area contributed by atoms with Gasteiger partial charge < -0.3 is 5.73 Å². The molecule has 20 heavy (non-hydrogen) atoms. The van der Waals surface area contributed by atoms with Crippen molar-refractivity contribution in [2.45, 2.75) is 90.5 Å². The molecule has 0 radical (unpaired) electrons. The monoisotopic (exact) mass is 295 g/mol. The topological polar surface area (TPSA) is 26.0 Å². The molecule has 0 amide bonds. The molecule has 1 atom stereocenters. The second kappa shape index (κ2) is 11.3. The van der Waals surface area contributed by atoms with Crippen molar-refractivity contribution in [2.75, 3.05) is 0 Å². The number of rotatable bonds is 12. The molecule has 1 nitrogen and oxygen atoms in total. The Morgan fingerprint density at radius 2 is 1.45 bits per heavy atom. The molecule has 0 fully saturated rings. The predicted molar refractivity (Wildman–Crippen MR) is 92.4 cm³/mol. The van der Waals surface area contributed by atoms with Gasteiger partial charge in [-0.05, 0) is 25.5 Å². The van der Waals surface area contributed by atoms with Crippen molar-refractivity contribution in [3.05, 3.63) is 21.9 Å². The van der Waals surface area contributed by atoms with Crippen LogP contribution < -0.4 is 5.73 Å². The van der Waals surface area contributed by atoms with E-state index in [4.69, 9.17) is 5.73 Å². The smallest absolute Gasteiger partial charge is 0.0389 e. The van der Waals surface area contributed by atoms with Crippen LogP contribution in [-0.4, -0.2) is 0 Å². The van der Waals surface area contributed by atoms with Gasteiger partial charge in [0, 0.05) is 15.8 Å². The highest BCUT2D eigenvalue weighted by Crippen LogP contribution is 2.25. The molecule has 0 aliphatic rings. The second-order valence-corrected chi connectivity index (χ2v) is 7.35. The maximum Gasteiger partial charge on any atom is 0.0389 e. The van der Waals surface area contributed by atoms with Gasteiger partial charge in [0.05, 0.1) is 0 Å². The summed E-state index contributed by atoms with van der Waals surface area (Å²) in [6.45, 7) is 4.43. The highest BCUT2D eigenvalue weighted by atomic mass is 32.1. The molecule has 1 aromatic heterocycles. The lowest BCUT2D eigenvalue weighted by Gasteiger charge is -2.09. The van der Waals surface area contributed by atoms with E-state index in [-0.39, 0.29) is 6.04 Å². The maximum atomic E-state index is 6.23. The van der Waals surface area contributed by atoms with E-state index in [1.54, 1.807) is 0 Å². The number of nitrogens with two attached hydrogens (primary N) is 1. The third-order valence-corrected chi connectivity index (χ3v) is 5.13. The fourth-order valence-corrected chi connectivity index (χ4v) is 3.56. The maximum absolute atomic E-state index is 6.23. The first-order valence-electron chi connectivity index (χ1n) is 8.56. The lowest BCUT2D eigenvalue weighted by Crippen LogP contribution is -2.08. The second-order valence-electron chi connectivity index (χ2n) is 6.03. The van der Waals surface area contributed by atoms with Gasteiger partial charge in [-0.2, -0.15) is 0 Å². The Morgan fingerprint density at radius 3 is 1.95 bits per heavy atom. The van der Waals surface area contributed by atoms with Crippen molar-refractivity contribution >= 4 is 11.3 Å². The van der Waals surface area contributed by atoms with Crippen LogP contribution in [0.15, 0.2) is 12.1 Å². The van der Waals surface area contributed by atoms with Gasteiger partial charge in [0.1, 0.15) is 0 Å². The quantitative estimate of drug-likeness (QED) is 0.446. The average Bonchev–Trinajstić information content (AvgIpc) is 2.87. The Morgan fingerprint density at radius 1 is 0.900 bits per heavy atom. The van der Waals surface area contributed by atoms with Crippen LogP contribution in [0.5, 0.6) is 0 Å². The zero-order valence-electron chi connectivity index (χ0n) is 13.5. The van der Waals surface area contributed by atoms with Gasteiger partial charge in [-0.3, -0.25) is 0 Å². The van der Waals surface area contributed by atoms with Crippen LogP contribution in [0, 0.1) is 6.92 Å². The number of hydrogen-bond acceptors (Lipinski definition) is 2. The lowest BCUT2D eigenvalue weighted by atomic mass is 10.0. The Hall–Kier alpha value is -0.340.